The van der Waals surface area contributed by atoms with Crippen LogP contribution in [0.2, 0.25) is 5.02 Å². The first-order valence-corrected chi connectivity index (χ1v) is 8.57. The number of fused-ring (bicyclic) bond motifs is 1. The molecule has 1 aliphatic heterocycles. The zero-order valence-corrected chi connectivity index (χ0v) is 13.7. The summed E-state index contributed by atoms with van der Waals surface area (Å²) in [7, 11) is -3.81. The van der Waals surface area contributed by atoms with Crippen molar-refractivity contribution in [2.45, 2.75) is 11.8 Å². The minimum atomic E-state index is -3.81. The Kier molecular flexibility index (Phi) is 3.91. The van der Waals surface area contributed by atoms with E-state index in [1.165, 1.54) is 12.1 Å². The van der Waals surface area contributed by atoms with Crippen molar-refractivity contribution in [3.8, 4) is 5.75 Å². The van der Waals surface area contributed by atoms with Crippen LogP contribution in [0.1, 0.15) is 5.56 Å². The van der Waals surface area contributed by atoms with Gasteiger partial charge in [0.05, 0.1) is 16.3 Å². The highest BCUT2D eigenvalue weighted by Crippen LogP contribution is 2.33. The minimum Gasteiger partial charge on any atom is -0.482 e. The fourth-order valence-corrected chi connectivity index (χ4v) is 3.75. The second-order valence-electron chi connectivity index (χ2n) is 5.07. The van der Waals surface area contributed by atoms with Crippen LogP contribution in [-0.2, 0) is 14.8 Å². The molecule has 6 nitrogen and oxygen atoms in total. The molecule has 2 aromatic rings. The quantitative estimate of drug-likeness (QED) is 0.889. The minimum absolute atomic E-state index is 0.0763. The first-order chi connectivity index (χ1) is 10.8. The van der Waals surface area contributed by atoms with Crippen LogP contribution in [0.5, 0.6) is 5.75 Å². The van der Waals surface area contributed by atoms with Gasteiger partial charge in [-0.25, -0.2) is 8.42 Å². The zero-order valence-electron chi connectivity index (χ0n) is 12.1. The molecule has 0 saturated carbocycles. The van der Waals surface area contributed by atoms with Gasteiger partial charge in [0, 0.05) is 11.1 Å². The number of hydrogen-bond acceptors (Lipinski definition) is 4. The van der Waals surface area contributed by atoms with E-state index in [4.69, 9.17) is 16.3 Å². The molecular weight excluding hydrogens is 340 g/mol. The van der Waals surface area contributed by atoms with Gasteiger partial charge in [-0.1, -0.05) is 17.7 Å². The normalized spacial score (nSPS) is 13.7. The molecule has 2 N–H and O–H groups in total. The number of ether oxygens (including phenoxy) is 1. The molecule has 2 aromatic carbocycles. The number of halogens is 1. The van der Waals surface area contributed by atoms with Gasteiger partial charge in [0.15, 0.2) is 6.61 Å². The Balaban J connectivity index is 1.98. The highest BCUT2D eigenvalue weighted by Gasteiger charge is 2.23. The summed E-state index contributed by atoms with van der Waals surface area (Å²) in [5, 5.41) is 3.07. The summed E-state index contributed by atoms with van der Waals surface area (Å²) >= 11 is 5.86. The third kappa shape index (κ3) is 3.25. The van der Waals surface area contributed by atoms with Crippen LogP contribution in [0.3, 0.4) is 0 Å². The fraction of sp³-hybridized carbons (Fsp3) is 0.133. The average molecular weight is 353 g/mol. The lowest BCUT2D eigenvalue weighted by Crippen LogP contribution is -2.26. The van der Waals surface area contributed by atoms with Crippen LogP contribution in [0.4, 0.5) is 11.4 Å². The largest absolute Gasteiger partial charge is 0.482 e. The van der Waals surface area contributed by atoms with E-state index < -0.39 is 10.0 Å². The van der Waals surface area contributed by atoms with Crippen LogP contribution in [-0.4, -0.2) is 20.9 Å². The molecule has 0 spiro atoms. The second-order valence-corrected chi connectivity index (χ2v) is 7.15. The zero-order chi connectivity index (χ0) is 16.6. The molecule has 0 bridgehead atoms. The monoisotopic (exact) mass is 352 g/mol. The molecule has 23 heavy (non-hydrogen) atoms. The molecule has 0 fully saturated rings. The summed E-state index contributed by atoms with van der Waals surface area (Å²) in [6.45, 7) is 1.50. The Hall–Kier alpha value is -2.25. The first kappa shape index (κ1) is 15.6. The molecule has 0 saturated heterocycles. The van der Waals surface area contributed by atoms with Crippen molar-refractivity contribution in [1.29, 1.82) is 0 Å². The Labute approximate surface area is 138 Å². The smallest absolute Gasteiger partial charge is 0.262 e. The molecule has 3 rings (SSSR count). The van der Waals surface area contributed by atoms with E-state index in [1.54, 1.807) is 31.2 Å². The number of benzene rings is 2. The number of aryl methyl sites for hydroxylation is 1. The van der Waals surface area contributed by atoms with E-state index in [1.807, 2.05) is 0 Å². The van der Waals surface area contributed by atoms with Gasteiger partial charge in [-0.3, -0.25) is 9.52 Å². The Morgan fingerprint density at radius 1 is 1.26 bits per heavy atom. The number of amides is 1. The fourth-order valence-electron chi connectivity index (χ4n) is 2.27. The van der Waals surface area contributed by atoms with E-state index in [9.17, 15) is 13.2 Å². The summed E-state index contributed by atoms with van der Waals surface area (Å²) in [4.78, 5) is 11.4. The van der Waals surface area contributed by atoms with Gasteiger partial charge in [-0.2, -0.15) is 0 Å². The maximum absolute atomic E-state index is 12.6. The van der Waals surface area contributed by atoms with Gasteiger partial charge >= 0.3 is 0 Å². The van der Waals surface area contributed by atoms with Crippen molar-refractivity contribution in [2.75, 3.05) is 16.6 Å². The molecular formula is C15H13ClN2O4S. The van der Waals surface area contributed by atoms with Crippen molar-refractivity contribution in [3.05, 3.63) is 47.0 Å². The number of carbonyl (C=O) groups excluding carboxylic acids is 1. The summed E-state index contributed by atoms with van der Waals surface area (Å²) in [5.74, 6) is 0.0474. The lowest BCUT2D eigenvalue weighted by atomic mass is 10.2. The molecule has 1 amide bonds. The van der Waals surface area contributed by atoms with Crippen molar-refractivity contribution in [2.24, 2.45) is 0 Å². The summed E-state index contributed by atoms with van der Waals surface area (Å²) in [6, 6.07) is 9.39. The van der Waals surface area contributed by atoms with Crippen LogP contribution >= 0.6 is 11.6 Å². The molecule has 0 unspecified atom stereocenters. The van der Waals surface area contributed by atoms with Gasteiger partial charge in [0.1, 0.15) is 5.75 Å². The molecule has 1 heterocycles. The Morgan fingerprint density at radius 2 is 2.04 bits per heavy atom. The van der Waals surface area contributed by atoms with Gasteiger partial charge in [0.25, 0.3) is 15.9 Å². The van der Waals surface area contributed by atoms with Crippen molar-refractivity contribution >= 4 is 38.9 Å². The van der Waals surface area contributed by atoms with Crippen LogP contribution < -0.4 is 14.8 Å². The van der Waals surface area contributed by atoms with E-state index in [0.29, 0.717) is 27.7 Å². The van der Waals surface area contributed by atoms with Gasteiger partial charge in [-0.05, 0) is 36.8 Å². The Morgan fingerprint density at radius 3 is 2.78 bits per heavy atom. The van der Waals surface area contributed by atoms with Crippen LogP contribution in [0.15, 0.2) is 41.3 Å². The standard InChI is InChI=1S/C15H13ClN2O4S/c1-9-5-12-13(22-8-15(19)17-12)7-14(9)23(20,21)18-11-4-2-3-10(16)6-11/h2-7,18H,8H2,1H3,(H,17,19). The number of anilines is 2. The molecule has 0 aromatic heterocycles. The number of carbonyl (C=O) groups is 1. The predicted octanol–water partition coefficient (Wildman–Crippen LogP) is 2.78. The molecule has 0 radical (unpaired) electrons. The van der Waals surface area contributed by atoms with E-state index >= 15 is 0 Å². The summed E-state index contributed by atoms with van der Waals surface area (Å²) < 4.78 is 32.9. The second kappa shape index (κ2) is 5.75. The summed E-state index contributed by atoms with van der Waals surface area (Å²) in [6.07, 6.45) is 0. The lowest BCUT2D eigenvalue weighted by Gasteiger charge is -2.20. The maximum atomic E-state index is 12.6. The SMILES string of the molecule is Cc1cc2c(cc1S(=O)(=O)Nc1cccc(Cl)c1)OCC(=O)N2. The number of hydrogen-bond donors (Lipinski definition) is 2. The number of nitrogens with one attached hydrogen (secondary N) is 2. The number of sulfonamides is 1. The molecule has 120 valence electrons. The number of rotatable bonds is 3. The van der Waals surface area contributed by atoms with E-state index in [-0.39, 0.29) is 17.4 Å². The molecule has 1 aliphatic rings. The highest BCUT2D eigenvalue weighted by atomic mass is 35.5. The maximum Gasteiger partial charge on any atom is 0.262 e. The molecule has 8 heteroatoms. The average Bonchev–Trinajstić information content (AvgIpc) is 2.45. The van der Waals surface area contributed by atoms with Crippen LogP contribution in [0, 0.1) is 6.92 Å². The lowest BCUT2D eigenvalue weighted by molar-refractivity contribution is -0.118. The first-order valence-electron chi connectivity index (χ1n) is 6.71. The highest BCUT2D eigenvalue weighted by molar-refractivity contribution is 7.92. The summed E-state index contributed by atoms with van der Waals surface area (Å²) in [5.41, 5.74) is 1.31. The molecule has 0 atom stereocenters. The van der Waals surface area contributed by atoms with Crippen molar-refractivity contribution < 1.29 is 17.9 Å². The van der Waals surface area contributed by atoms with Crippen LogP contribution in [0.25, 0.3) is 0 Å². The third-order valence-electron chi connectivity index (χ3n) is 3.28. The van der Waals surface area contributed by atoms with Gasteiger partial charge in [-0.15, -0.1) is 0 Å². The third-order valence-corrected chi connectivity index (χ3v) is 5.03. The Bertz CT molecular complexity index is 896. The predicted molar refractivity (Wildman–Crippen MR) is 87.6 cm³/mol. The topological polar surface area (TPSA) is 84.5 Å². The van der Waals surface area contributed by atoms with Gasteiger partial charge in [0.2, 0.25) is 0 Å². The van der Waals surface area contributed by atoms with E-state index in [2.05, 4.69) is 10.0 Å². The van der Waals surface area contributed by atoms with E-state index in [0.717, 1.165) is 0 Å². The molecule has 0 aliphatic carbocycles. The van der Waals surface area contributed by atoms with Crippen molar-refractivity contribution in [1.82, 2.24) is 0 Å². The van der Waals surface area contributed by atoms with Crippen molar-refractivity contribution in [3.63, 3.8) is 0 Å². The van der Waals surface area contributed by atoms with Gasteiger partial charge < -0.3 is 10.1 Å².